The van der Waals surface area contributed by atoms with E-state index in [1.165, 1.54) is 12.8 Å². The third-order valence-corrected chi connectivity index (χ3v) is 3.51. The van der Waals surface area contributed by atoms with Crippen molar-refractivity contribution in [3.8, 4) is 0 Å². The first kappa shape index (κ1) is 14.5. The molecule has 0 spiro atoms. The molecule has 0 fully saturated rings. The Bertz CT molecular complexity index is 349. The normalized spacial score (nSPS) is 13.0. The fourth-order valence-corrected chi connectivity index (χ4v) is 2.37. The summed E-state index contributed by atoms with van der Waals surface area (Å²) in [5, 5.41) is 15.0. The summed E-state index contributed by atoms with van der Waals surface area (Å²) in [4.78, 5) is 0. The molecule has 1 rings (SSSR count). The van der Waals surface area contributed by atoms with Gasteiger partial charge in [0.15, 0.2) is 0 Å². The van der Waals surface area contributed by atoms with Gasteiger partial charge in [-0.2, -0.15) is 5.10 Å². The lowest BCUT2D eigenvalue weighted by Gasteiger charge is -2.10. The molecule has 0 bridgehead atoms. The molecule has 98 valence electrons. The molecule has 0 saturated heterocycles. The van der Waals surface area contributed by atoms with E-state index >= 15 is 0 Å². The van der Waals surface area contributed by atoms with Crippen LogP contribution in [-0.4, -0.2) is 21.0 Å². The fraction of sp³-hybridized carbons (Fsp3) is 0.769. The van der Waals surface area contributed by atoms with E-state index < -0.39 is 0 Å². The molecule has 1 N–H and O–H groups in total. The summed E-state index contributed by atoms with van der Waals surface area (Å²) in [6.07, 6.45) is 5.41. The van der Waals surface area contributed by atoms with Crippen molar-refractivity contribution in [3.05, 3.63) is 16.4 Å². The van der Waals surface area contributed by atoms with Crippen molar-refractivity contribution in [2.24, 2.45) is 7.05 Å². The van der Waals surface area contributed by atoms with Crippen LogP contribution in [0.2, 0.25) is 5.02 Å². The zero-order valence-corrected chi connectivity index (χ0v) is 11.8. The number of unbranched alkanes of at least 4 members (excludes halogenated alkanes) is 2. The smallest absolute Gasteiger partial charge is 0.0850 e. The van der Waals surface area contributed by atoms with E-state index in [1.807, 2.05) is 14.0 Å². The Morgan fingerprint density at radius 1 is 1.35 bits per heavy atom. The molecular formula is C13H23ClN2O. The zero-order chi connectivity index (χ0) is 12.8. The van der Waals surface area contributed by atoms with Crippen LogP contribution >= 0.6 is 11.6 Å². The first-order chi connectivity index (χ1) is 8.10. The van der Waals surface area contributed by atoms with Crippen molar-refractivity contribution in [3.63, 3.8) is 0 Å². The van der Waals surface area contributed by atoms with E-state index in [0.717, 1.165) is 35.7 Å². The third kappa shape index (κ3) is 4.00. The molecule has 0 radical (unpaired) electrons. The molecule has 0 aliphatic carbocycles. The molecule has 1 aromatic heterocycles. The van der Waals surface area contributed by atoms with Crippen molar-refractivity contribution in [2.45, 2.75) is 58.5 Å². The zero-order valence-electron chi connectivity index (χ0n) is 11.0. The SMILES string of the molecule is CCCCCC(O)Cc1c(Cl)c(CC)nn1C. The van der Waals surface area contributed by atoms with E-state index in [9.17, 15) is 5.11 Å². The minimum absolute atomic E-state index is 0.306. The van der Waals surface area contributed by atoms with E-state index in [0.29, 0.717) is 6.42 Å². The molecule has 3 nitrogen and oxygen atoms in total. The lowest BCUT2D eigenvalue weighted by Crippen LogP contribution is -2.13. The van der Waals surface area contributed by atoms with Crippen LogP contribution in [0.25, 0.3) is 0 Å². The molecule has 1 atom stereocenters. The van der Waals surface area contributed by atoms with Crippen molar-refractivity contribution in [2.75, 3.05) is 0 Å². The number of aromatic nitrogens is 2. The second-order valence-corrected chi connectivity index (χ2v) is 4.92. The molecule has 0 aliphatic heterocycles. The highest BCUT2D eigenvalue weighted by Gasteiger charge is 2.16. The quantitative estimate of drug-likeness (QED) is 0.763. The van der Waals surface area contributed by atoms with Crippen molar-refractivity contribution in [1.82, 2.24) is 9.78 Å². The highest BCUT2D eigenvalue weighted by atomic mass is 35.5. The molecule has 0 aromatic carbocycles. The van der Waals surface area contributed by atoms with Gasteiger partial charge in [0.05, 0.1) is 22.5 Å². The van der Waals surface area contributed by atoms with Crippen molar-refractivity contribution >= 4 is 11.6 Å². The fourth-order valence-electron chi connectivity index (χ4n) is 2.00. The standard InChI is InChI=1S/C13H23ClN2O/c1-4-6-7-8-10(17)9-12-13(14)11(5-2)15-16(12)3/h10,17H,4-9H2,1-3H3. The van der Waals surface area contributed by atoms with E-state index in [1.54, 1.807) is 4.68 Å². The highest BCUT2D eigenvalue weighted by Crippen LogP contribution is 2.23. The molecule has 1 unspecified atom stereocenters. The molecule has 1 heterocycles. The average molecular weight is 259 g/mol. The van der Waals surface area contributed by atoms with Gasteiger partial charge in [0.1, 0.15) is 0 Å². The number of hydrogen-bond donors (Lipinski definition) is 1. The number of aliphatic hydroxyl groups is 1. The van der Waals surface area contributed by atoms with E-state index in [4.69, 9.17) is 11.6 Å². The Labute approximate surface area is 109 Å². The van der Waals surface area contributed by atoms with Gasteiger partial charge in [-0.15, -0.1) is 0 Å². The lowest BCUT2D eigenvalue weighted by molar-refractivity contribution is 0.159. The predicted octanol–water partition coefficient (Wildman–Crippen LogP) is 3.12. The average Bonchev–Trinajstić information content (AvgIpc) is 2.57. The van der Waals surface area contributed by atoms with Gasteiger partial charge in [-0.1, -0.05) is 44.7 Å². The van der Waals surface area contributed by atoms with Crippen molar-refractivity contribution < 1.29 is 5.11 Å². The molecular weight excluding hydrogens is 236 g/mol. The maximum atomic E-state index is 9.96. The Balaban J connectivity index is 2.58. The summed E-state index contributed by atoms with van der Waals surface area (Å²) in [6, 6.07) is 0. The van der Waals surface area contributed by atoms with Crippen molar-refractivity contribution in [1.29, 1.82) is 0 Å². The summed E-state index contributed by atoms with van der Waals surface area (Å²) in [5.74, 6) is 0. The first-order valence-electron chi connectivity index (χ1n) is 6.48. The van der Waals surface area contributed by atoms with E-state index in [2.05, 4.69) is 12.0 Å². The van der Waals surface area contributed by atoms with Crippen LogP contribution in [0.4, 0.5) is 0 Å². The van der Waals surface area contributed by atoms with Crippen LogP contribution in [0, 0.1) is 0 Å². The third-order valence-electron chi connectivity index (χ3n) is 3.07. The molecule has 4 heteroatoms. The van der Waals surface area contributed by atoms with Crippen LogP contribution in [0.3, 0.4) is 0 Å². The number of rotatable bonds is 7. The van der Waals surface area contributed by atoms with E-state index in [-0.39, 0.29) is 6.10 Å². The van der Waals surface area contributed by atoms with Crippen LogP contribution in [-0.2, 0) is 19.9 Å². The van der Waals surface area contributed by atoms with Gasteiger partial charge >= 0.3 is 0 Å². The van der Waals surface area contributed by atoms with Gasteiger partial charge in [-0.25, -0.2) is 0 Å². The van der Waals surface area contributed by atoms with Crippen LogP contribution < -0.4 is 0 Å². The minimum Gasteiger partial charge on any atom is -0.393 e. The summed E-state index contributed by atoms with van der Waals surface area (Å²) >= 11 is 6.24. The molecule has 0 saturated carbocycles. The Hall–Kier alpha value is -0.540. The van der Waals surface area contributed by atoms with Gasteiger partial charge in [0.2, 0.25) is 0 Å². The maximum absolute atomic E-state index is 9.96. The second kappa shape index (κ2) is 7.02. The molecule has 1 aromatic rings. The Kier molecular flexibility index (Phi) is 6.00. The number of hydrogen-bond acceptors (Lipinski definition) is 2. The number of halogens is 1. The molecule has 0 amide bonds. The van der Waals surface area contributed by atoms with Gasteiger partial charge < -0.3 is 5.11 Å². The van der Waals surface area contributed by atoms with Gasteiger partial charge in [-0.3, -0.25) is 4.68 Å². The number of aryl methyl sites for hydroxylation is 2. The number of nitrogens with zero attached hydrogens (tertiary/aromatic N) is 2. The highest BCUT2D eigenvalue weighted by molar-refractivity contribution is 6.31. The summed E-state index contributed by atoms with van der Waals surface area (Å²) in [7, 11) is 1.89. The number of aliphatic hydroxyl groups excluding tert-OH is 1. The topological polar surface area (TPSA) is 38.1 Å². The van der Waals surface area contributed by atoms with Crippen LogP contribution in [0.5, 0.6) is 0 Å². The van der Waals surface area contributed by atoms with Gasteiger partial charge in [0.25, 0.3) is 0 Å². The largest absolute Gasteiger partial charge is 0.393 e. The maximum Gasteiger partial charge on any atom is 0.0850 e. The summed E-state index contributed by atoms with van der Waals surface area (Å²) in [6.45, 7) is 4.20. The lowest BCUT2D eigenvalue weighted by atomic mass is 10.1. The van der Waals surface area contributed by atoms with Gasteiger partial charge in [-0.05, 0) is 12.8 Å². The molecule has 0 aliphatic rings. The van der Waals surface area contributed by atoms with Gasteiger partial charge in [0, 0.05) is 13.5 Å². The van der Waals surface area contributed by atoms with Crippen LogP contribution in [0.1, 0.15) is 50.9 Å². The summed E-state index contributed by atoms with van der Waals surface area (Å²) in [5.41, 5.74) is 1.87. The Morgan fingerprint density at radius 3 is 2.59 bits per heavy atom. The molecule has 17 heavy (non-hydrogen) atoms. The minimum atomic E-state index is -0.306. The Morgan fingerprint density at radius 2 is 2.06 bits per heavy atom. The second-order valence-electron chi connectivity index (χ2n) is 4.54. The van der Waals surface area contributed by atoms with Crippen LogP contribution in [0.15, 0.2) is 0 Å². The first-order valence-corrected chi connectivity index (χ1v) is 6.86. The predicted molar refractivity (Wildman–Crippen MR) is 71.4 cm³/mol. The monoisotopic (exact) mass is 258 g/mol. The summed E-state index contributed by atoms with van der Waals surface area (Å²) < 4.78 is 1.80.